The Bertz CT molecular complexity index is 826. The maximum atomic E-state index is 12.8. The van der Waals surface area contributed by atoms with Gasteiger partial charge >= 0.3 is 0 Å². The number of nitrogens with one attached hydrogen (secondary N) is 1. The highest BCUT2D eigenvalue weighted by Crippen LogP contribution is 2.27. The number of carbonyl (C=O) groups excluding carboxylic acids is 1. The Morgan fingerprint density at radius 3 is 2.66 bits per heavy atom. The molecule has 2 N–H and O–H groups in total. The molecule has 1 aliphatic heterocycles. The van der Waals surface area contributed by atoms with Crippen LogP contribution >= 0.6 is 0 Å². The first kappa shape index (κ1) is 20.8. The average Bonchev–Trinajstić information content (AvgIpc) is 3.18. The first-order valence-corrected chi connectivity index (χ1v) is 9.62. The number of nitrogens with zero attached hydrogens (tertiary/aromatic N) is 1. The molecule has 0 aliphatic carbocycles. The number of aliphatic imine (C=N–C) groups is 1. The van der Waals surface area contributed by atoms with Gasteiger partial charge in [0.05, 0.1) is 6.61 Å². The molecule has 6 nitrogen and oxygen atoms in total. The summed E-state index contributed by atoms with van der Waals surface area (Å²) in [5.74, 6) is 0.702. The Kier molecular flexibility index (Phi) is 7.19. The molecule has 1 aliphatic rings. The molecule has 1 amide bonds. The van der Waals surface area contributed by atoms with Gasteiger partial charge in [0, 0.05) is 31.6 Å². The number of rotatable bonds is 10. The van der Waals surface area contributed by atoms with Crippen molar-refractivity contribution < 1.29 is 23.8 Å². The van der Waals surface area contributed by atoms with Crippen molar-refractivity contribution in [2.45, 2.75) is 18.4 Å². The van der Waals surface area contributed by atoms with Crippen molar-refractivity contribution in [2.24, 2.45) is 4.99 Å². The van der Waals surface area contributed by atoms with E-state index in [2.05, 4.69) is 10.3 Å². The minimum Gasteiger partial charge on any atom is -0.494 e. The number of alkyl halides is 1. The van der Waals surface area contributed by atoms with Gasteiger partial charge in [-0.3, -0.25) is 4.79 Å². The zero-order valence-electron chi connectivity index (χ0n) is 16.1. The van der Waals surface area contributed by atoms with Crippen molar-refractivity contribution in [3.8, 4) is 5.75 Å². The van der Waals surface area contributed by atoms with E-state index in [4.69, 9.17) is 14.6 Å². The van der Waals surface area contributed by atoms with Gasteiger partial charge in [0.1, 0.15) is 19.0 Å². The van der Waals surface area contributed by atoms with Crippen LogP contribution in [0.15, 0.2) is 59.6 Å². The number of halogens is 1. The van der Waals surface area contributed by atoms with Crippen LogP contribution in [0.25, 0.3) is 0 Å². The lowest BCUT2D eigenvalue weighted by molar-refractivity contribution is -0.126. The van der Waals surface area contributed by atoms with Gasteiger partial charge in [0.15, 0.2) is 5.54 Å². The van der Waals surface area contributed by atoms with Crippen LogP contribution in [0.3, 0.4) is 0 Å². The Balaban J connectivity index is 1.80. The zero-order valence-corrected chi connectivity index (χ0v) is 16.1. The van der Waals surface area contributed by atoms with E-state index in [1.807, 2.05) is 42.5 Å². The Morgan fingerprint density at radius 1 is 1.21 bits per heavy atom. The number of benzene rings is 2. The van der Waals surface area contributed by atoms with Gasteiger partial charge in [0.2, 0.25) is 5.90 Å². The number of hydrogen-bond acceptors (Lipinski definition) is 5. The van der Waals surface area contributed by atoms with E-state index < -0.39 is 12.2 Å². The minimum atomic E-state index is -1.14. The molecular formula is C22H25FN2O4. The molecule has 0 radical (unpaired) electrons. The molecule has 0 unspecified atom stereocenters. The Hall–Kier alpha value is -2.93. The standard InChI is InChI=1S/C22H25FN2O4/c23-11-12-24-21(27)22(15-17-5-2-1-3-6-17)16-29-20(25-22)18-7-9-19(10-8-18)28-14-4-13-26/h1-3,5-10,26H,4,11-16H2,(H,24,27)/t22-/m1/s1. The summed E-state index contributed by atoms with van der Waals surface area (Å²) in [7, 11) is 0. The van der Waals surface area contributed by atoms with E-state index in [0.29, 0.717) is 31.1 Å². The molecule has 7 heteroatoms. The van der Waals surface area contributed by atoms with Gasteiger partial charge < -0.3 is 19.9 Å². The van der Waals surface area contributed by atoms with Gasteiger partial charge in [-0.1, -0.05) is 30.3 Å². The molecule has 2 aromatic rings. The van der Waals surface area contributed by atoms with Crippen molar-refractivity contribution in [3.05, 3.63) is 65.7 Å². The van der Waals surface area contributed by atoms with Gasteiger partial charge in [-0.15, -0.1) is 0 Å². The van der Waals surface area contributed by atoms with E-state index in [1.54, 1.807) is 12.1 Å². The molecule has 0 fully saturated rings. The fraction of sp³-hybridized carbons (Fsp3) is 0.364. The van der Waals surface area contributed by atoms with Crippen molar-refractivity contribution in [1.29, 1.82) is 0 Å². The second-order valence-electron chi connectivity index (χ2n) is 6.79. The summed E-state index contributed by atoms with van der Waals surface area (Å²) in [6.45, 7) is -0.0918. The van der Waals surface area contributed by atoms with Crippen LogP contribution < -0.4 is 10.1 Å². The molecule has 0 bridgehead atoms. The van der Waals surface area contributed by atoms with Gasteiger partial charge in [-0.05, 0) is 29.8 Å². The predicted octanol–water partition coefficient (Wildman–Crippen LogP) is 2.29. The molecule has 154 valence electrons. The molecule has 3 rings (SSSR count). The van der Waals surface area contributed by atoms with E-state index in [-0.39, 0.29) is 25.7 Å². The monoisotopic (exact) mass is 400 g/mol. The van der Waals surface area contributed by atoms with Crippen LogP contribution in [0.5, 0.6) is 5.75 Å². The quantitative estimate of drug-likeness (QED) is 0.600. The molecule has 2 aromatic carbocycles. The fourth-order valence-corrected chi connectivity index (χ4v) is 3.09. The van der Waals surface area contributed by atoms with Crippen LogP contribution in [-0.4, -0.2) is 55.5 Å². The van der Waals surface area contributed by atoms with Crippen LogP contribution in [0.1, 0.15) is 17.5 Å². The van der Waals surface area contributed by atoms with Crippen LogP contribution in [0.2, 0.25) is 0 Å². The van der Waals surface area contributed by atoms with Gasteiger partial charge in [-0.25, -0.2) is 9.38 Å². The first-order chi connectivity index (χ1) is 14.2. The second-order valence-corrected chi connectivity index (χ2v) is 6.79. The SMILES string of the molecule is O=C(NCCF)[C@@]1(Cc2ccccc2)COC(c2ccc(OCCCO)cc2)=N1. The molecule has 29 heavy (non-hydrogen) atoms. The number of aliphatic hydroxyl groups is 1. The van der Waals surface area contributed by atoms with Crippen molar-refractivity contribution in [3.63, 3.8) is 0 Å². The van der Waals surface area contributed by atoms with Crippen molar-refractivity contribution in [2.75, 3.05) is 33.0 Å². The smallest absolute Gasteiger partial charge is 0.252 e. The topological polar surface area (TPSA) is 80.2 Å². The molecule has 0 spiro atoms. The normalized spacial score (nSPS) is 18.1. The lowest BCUT2D eigenvalue weighted by Crippen LogP contribution is -2.49. The number of amides is 1. The maximum absolute atomic E-state index is 12.8. The lowest BCUT2D eigenvalue weighted by atomic mass is 9.91. The summed E-state index contributed by atoms with van der Waals surface area (Å²) in [5, 5.41) is 11.4. The molecule has 1 heterocycles. The summed E-state index contributed by atoms with van der Waals surface area (Å²) in [5.41, 5.74) is 0.541. The molecular weight excluding hydrogens is 375 g/mol. The van der Waals surface area contributed by atoms with Crippen LogP contribution in [0.4, 0.5) is 4.39 Å². The second kappa shape index (κ2) is 10.0. The van der Waals surface area contributed by atoms with Crippen LogP contribution in [0, 0.1) is 0 Å². The summed E-state index contributed by atoms with van der Waals surface area (Å²) in [4.78, 5) is 17.4. The first-order valence-electron chi connectivity index (χ1n) is 9.62. The molecule has 0 saturated carbocycles. The van der Waals surface area contributed by atoms with Crippen molar-refractivity contribution in [1.82, 2.24) is 5.32 Å². The highest BCUT2D eigenvalue weighted by atomic mass is 19.1. The number of carbonyl (C=O) groups is 1. The third-order valence-corrected chi connectivity index (χ3v) is 4.58. The number of hydrogen-bond donors (Lipinski definition) is 2. The third kappa shape index (κ3) is 5.32. The minimum absolute atomic E-state index is 0.0555. The van der Waals surface area contributed by atoms with E-state index >= 15 is 0 Å². The van der Waals surface area contributed by atoms with E-state index in [0.717, 1.165) is 11.1 Å². The lowest BCUT2D eigenvalue weighted by Gasteiger charge is -2.23. The number of aliphatic hydroxyl groups excluding tert-OH is 1. The molecule has 1 atom stereocenters. The zero-order chi connectivity index (χ0) is 20.5. The highest BCUT2D eigenvalue weighted by Gasteiger charge is 2.44. The largest absolute Gasteiger partial charge is 0.494 e. The Morgan fingerprint density at radius 2 is 1.97 bits per heavy atom. The van der Waals surface area contributed by atoms with E-state index in [9.17, 15) is 9.18 Å². The Labute approximate surface area is 169 Å². The summed E-state index contributed by atoms with van der Waals surface area (Å²) in [6, 6.07) is 16.8. The maximum Gasteiger partial charge on any atom is 0.252 e. The fourth-order valence-electron chi connectivity index (χ4n) is 3.09. The van der Waals surface area contributed by atoms with Gasteiger partial charge in [0.25, 0.3) is 5.91 Å². The van der Waals surface area contributed by atoms with E-state index in [1.165, 1.54) is 0 Å². The molecule has 0 saturated heterocycles. The summed E-state index contributed by atoms with van der Waals surface area (Å²) >= 11 is 0. The average molecular weight is 400 g/mol. The number of ether oxygens (including phenoxy) is 2. The molecule has 0 aromatic heterocycles. The highest BCUT2D eigenvalue weighted by molar-refractivity contribution is 6.00. The summed E-state index contributed by atoms with van der Waals surface area (Å²) < 4.78 is 23.9. The van der Waals surface area contributed by atoms with Gasteiger partial charge in [-0.2, -0.15) is 0 Å². The van der Waals surface area contributed by atoms with Crippen molar-refractivity contribution >= 4 is 11.8 Å². The predicted molar refractivity (Wildman–Crippen MR) is 108 cm³/mol. The third-order valence-electron chi connectivity index (χ3n) is 4.58. The van der Waals surface area contributed by atoms with Crippen LogP contribution in [-0.2, 0) is 16.0 Å². The summed E-state index contributed by atoms with van der Waals surface area (Å²) in [6.07, 6.45) is 0.922.